The van der Waals surface area contributed by atoms with E-state index in [2.05, 4.69) is 10.3 Å². The summed E-state index contributed by atoms with van der Waals surface area (Å²) in [5.41, 5.74) is 2.41. The van der Waals surface area contributed by atoms with Gasteiger partial charge in [-0.1, -0.05) is 12.1 Å². The van der Waals surface area contributed by atoms with Gasteiger partial charge in [-0.25, -0.2) is 0 Å². The summed E-state index contributed by atoms with van der Waals surface area (Å²) in [6.07, 6.45) is 0. The number of H-pyrrole nitrogens is 1. The third kappa shape index (κ3) is 3.08. The molecule has 23 heavy (non-hydrogen) atoms. The molecule has 0 aliphatic rings. The molecule has 1 aromatic heterocycles. The van der Waals surface area contributed by atoms with Crippen LogP contribution in [0.15, 0.2) is 48.5 Å². The number of benzene rings is 2. The standard InChI is InChI=1S/C18H16N2O3/c1-11(21)12-4-3-5-14(8-12)19-18(22)17-9-13-6-7-15(23-2)10-16(13)20-17/h3-10,20H,1-2H3,(H,19,22). The molecule has 5 nitrogen and oxygen atoms in total. The lowest BCUT2D eigenvalue weighted by Gasteiger charge is -2.05. The lowest BCUT2D eigenvalue weighted by atomic mass is 10.1. The van der Waals surface area contributed by atoms with Gasteiger partial charge in [-0.3, -0.25) is 9.59 Å². The Morgan fingerprint density at radius 2 is 1.91 bits per heavy atom. The summed E-state index contributed by atoms with van der Waals surface area (Å²) in [5.74, 6) is 0.417. The average molecular weight is 308 g/mol. The molecule has 0 spiro atoms. The third-order valence-corrected chi connectivity index (χ3v) is 3.60. The van der Waals surface area contributed by atoms with Gasteiger partial charge in [0.2, 0.25) is 0 Å². The van der Waals surface area contributed by atoms with Crippen molar-refractivity contribution >= 4 is 28.3 Å². The molecule has 3 rings (SSSR count). The van der Waals surface area contributed by atoms with Crippen LogP contribution in [0.2, 0.25) is 0 Å². The minimum absolute atomic E-state index is 0.0428. The molecule has 0 bridgehead atoms. The van der Waals surface area contributed by atoms with Crippen LogP contribution in [0.5, 0.6) is 5.75 Å². The summed E-state index contributed by atoms with van der Waals surface area (Å²) in [5, 5.41) is 3.71. The lowest BCUT2D eigenvalue weighted by Crippen LogP contribution is -2.12. The van der Waals surface area contributed by atoms with Gasteiger partial charge in [0.05, 0.1) is 7.11 Å². The Bertz CT molecular complexity index is 896. The quantitative estimate of drug-likeness (QED) is 0.723. The molecule has 0 aliphatic heterocycles. The van der Waals surface area contributed by atoms with E-state index in [1.165, 1.54) is 6.92 Å². The van der Waals surface area contributed by atoms with Crippen molar-refractivity contribution < 1.29 is 14.3 Å². The number of ether oxygens (including phenoxy) is 1. The Morgan fingerprint density at radius 3 is 2.65 bits per heavy atom. The molecular weight excluding hydrogens is 292 g/mol. The highest BCUT2D eigenvalue weighted by molar-refractivity contribution is 6.06. The van der Waals surface area contributed by atoms with Gasteiger partial charge >= 0.3 is 0 Å². The molecule has 0 aliphatic carbocycles. The number of nitrogens with one attached hydrogen (secondary N) is 2. The Kier molecular flexibility index (Phi) is 3.85. The van der Waals surface area contributed by atoms with Crippen LogP contribution in [0, 0.1) is 0 Å². The number of hydrogen-bond donors (Lipinski definition) is 2. The molecule has 1 heterocycles. The number of rotatable bonds is 4. The zero-order valence-electron chi connectivity index (χ0n) is 12.8. The Morgan fingerprint density at radius 1 is 1.09 bits per heavy atom. The maximum Gasteiger partial charge on any atom is 0.272 e. The number of Topliss-reactive ketones (excluding diaryl/α,β-unsaturated/α-hetero) is 1. The molecule has 5 heteroatoms. The number of amides is 1. The maximum atomic E-state index is 12.4. The van der Waals surface area contributed by atoms with E-state index in [1.807, 2.05) is 18.2 Å². The highest BCUT2D eigenvalue weighted by Gasteiger charge is 2.11. The molecule has 0 radical (unpaired) electrons. The van der Waals surface area contributed by atoms with Gasteiger partial charge < -0.3 is 15.0 Å². The fourth-order valence-corrected chi connectivity index (χ4v) is 2.37. The predicted octanol–water partition coefficient (Wildman–Crippen LogP) is 3.63. The SMILES string of the molecule is COc1ccc2cc(C(=O)Nc3cccc(C(C)=O)c3)[nH]c2c1. The molecule has 2 N–H and O–H groups in total. The first kappa shape index (κ1) is 14.8. The second-order valence-corrected chi connectivity index (χ2v) is 5.23. The van der Waals surface area contributed by atoms with Gasteiger partial charge in [-0.2, -0.15) is 0 Å². The summed E-state index contributed by atoms with van der Waals surface area (Å²) in [6, 6.07) is 14.2. The van der Waals surface area contributed by atoms with Gasteiger partial charge in [-0.15, -0.1) is 0 Å². The first-order valence-electron chi connectivity index (χ1n) is 7.16. The number of aromatic nitrogens is 1. The number of hydrogen-bond acceptors (Lipinski definition) is 3. The normalized spacial score (nSPS) is 10.5. The highest BCUT2D eigenvalue weighted by Crippen LogP contribution is 2.22. The van der Waals surface area contributed by atoms with Crippen LogP contribution in [-0.2, 0) is 0 Å². The number of carbonyl (C=O) groups is 2. The van der Waals surface area contributed by atoms with Gasteiger partial charge in [0.1, 0.15) is 11.4 Å². The van der Waals surface area contributed by atoms with Gasteiger partial charge in [-0.05, 0) is 37.3 Å². The maximum absolute atomic E-state index is 12.4. The van der Waals surface area contributed by atoms with Crippen LogP contribution in [0.1, 0.15) is 27.8 Å². The number of fused-ring (bicyclic) bond motifs is 1. The third-order valence-electron chi connectivity index (χ3n) is 3.60. The van der Waals surface area contributed by atoms with Gasteiger partial charge in [0.15, 0.2) is 5.78 Å². The first-order valence-corrected chi connectivity index (χ1v) is 7.16. The van der Waals surface area contributed by atoms with Crippen molar-refractivity contribution in [3.8, 4) is 5.75 Å². The summed E-state index contributed by atoms with van der Waals surface area (Å²) in [4.78, 5) is 26.8. The van der Waals surface area contributed by atoms with E-state index in [0.717, 1.165) is 16.7 Å². The first-order chi connectivity index (χ1) is 11.1. The fourth-order valence-electron chi connectivity index (χ4n) is 2.37. The monoisotopic (exact) mass is 308 g/mol. The molecule has 1 amide bonds. The molecule has 0 fully saturated rings. The van der Waals surface area contributed by atoms with E-state index >= 15 is 0 Å². The van der Waals surface area contributed by atoms with E-state index in [4.69, 9.17) is 4.74 Å². The van der Waals surface area contributed by atoms with Crippen LogP contribution in [0.3, 0.4) is 0 Å². The van der Waals surface area contributed by atoms with Crippen LogP contribution in [0.4, 0.5) is 5.69 Å². The summed E-state index contributed by atoms with van der Waals surface area (Å²) in [7, 11) is 1.60. The predicted molar refractivity (Wildman–Crippen MR) is 89.3 cm³/mol. The Labute approximate surface area is 133 Å². The van der Waals surface area contributed by atoms with Crippen molar-refractivity contribution in [2.45, 2.75) is 6.92 Å². The van der Waals surface area contributed by atoms with Crippen molar-refractivity contribution in [1.29, 1.82) is 0 Å². The van der Waals surface area contributed by atoms with Crippen molar-refractivity contribution in [3.63, 3.8) is 0 Å². The molecule has 0 saturated heterocycles. The van der Waals surface area contributed by atoms with Crippen molar-refractivity contribution in [2.75, 3.05) is 12.4 Å². The molecule has 2 aromatic carbocycles. The second-order valence-electron chi connectivity index (χ2n) is 5.23. The largest absolute Gasteiger partial charge is 0.497 e. The lowest BCUT2D eigenvalue weighted by molar-refractivity contribution is 0.100. The fraction of sp³-hybridized carbons (Fsp3) is 0.111. The smallest absolute Gasteiger partial charge is 0.272 e. The number of methoxy groups -OCH3 is 1. The molecule has 116 valence electrons. The van der Waals surface area contributed by atoms with Crippen molar-refractivity contribution in [2.24, 2.45) is 0 Å². The summed E-state index contributed by atoms with van der Waals surface area (Å²) in [6.45, 7) is 1.49. The van der Waals surface area contributed by atoms with Gasteiger partial charge in [0.25, 0.3) is 5.91 Å². The Balaban J connectivity index is 1.85. The van der Waals surface area contributed by atoms with Crippen LogP contribution in [-0.4, -0.2) is 23.8 Å². The topological polar surface area (TPSA) is 71.2 Å². The van der Waals surface area contributed by atoms with E-state index in [9.17, 15) is 9.59 Å². The van der Waals surface area contributed by atoms with Crippen molar-refractivity contribution in [3.05, 3.63) is 59.8 Å². The Hall–Kier alpha value is -3.08. The summed E-state index contributed by atoms with van der Waals surface area (Å²) < 4.78 is 5.17. The van der Waals surface area contributed by atoms with E-state index < -0.39 is 0 Å². The molecular formula is C18H16N2O3. The van der Waals surface area contributed by atoms with Crippen LogP contribution >= 0.6 is 0 Å². The molecule has 0 saturated carbocycles. The zero-order valence-corrected chi connectivity index (χ0v) is 12.8. The number of anilines is 1. The minimum Gasteiger partial charge on any atom is -0.497 e. The number of carbonyl (C=O) groups excluding carboxylic acids is 2. The van der Waals surface area contributed by atoms with E-state index in [0.29, 0.717) is 16.9 Å². The van der Waals surface area contributed by atoms with Crippen molar-refractivity contribution in [1.82, 2.24) is 4.98 Å². The zero-order chi connectivity index (χ0) is 16.4. The van der Waals surface area contributed by atoms with E-state index in [-0.39, 0.29) is 11.7 Å². The second kappa shape index (κ2) is 5.96. The number of aromatic amines is 1. The minimum atomic E-state index is -0.263. The van der Waals surface area contributed by atoms with Crippen LogP contribution in [0.25, 0.3) is 10.9 Å². The van der Waals surface area contributed by atoms with Gasteiger partial charge in [0, 0.05) is 28.2 Å². The molecule has 0 atom stereocenters. The van der Waals surface area contributed by atoms with E-state index in [1.54, 1.807) is 37.4 Å². The van der Waals surface area contributed by atoms with Crippen LogP contribution < -0.4 is 10.1 Å². The number of ketones is 1. The summed E-state index contributed by atoms with van der Waals surface area (Å²) >= 11 is 0. The molecule has 0 unspecified atom stereocenters. The highest BCUT2D eigenvalue weighted by atomic mass is 16.5. The molecule has 3 aromatic rings. The average Bonchev–Trinajstić information content (AvgIpc) is 2.98.